The molecule has 0 fully saturated rings. The fraction of sp³-hybridized carbons (Fsp3) is 0.0870. The van der Waals surface area contributed by atoms with Crippen molar-refractivity contribution in [3.05, 3.63) is 95.1 Å². The van der Waals surface area contributed by atoms with Gasteiger partial charge in [-0.15, -0.1) is 0 Å². The van der Waals surface area contributed by atoms with Crippen molar-refractivity contribution >= 4 is 29.0 Å². The number of amides is 2. The summed E-state index contributed by atoms with van der Waals surface area (Å²) in [4.78, 5) is 36.4. The molecule has 0 unspecified atom stereocenters. The summed E-state index contributed by atoms with van der Waals surface area (Å²) in [5.41, 5.74) is 3.60. The van der Waals surface area contributed by atoms with Crippen molar-refractivity contribution < 1.29 is 14.4 Å². The molecule has 0 aliphatic rings. The highest BCUT2D eigenvalue weighted by Crippen LogP contribution is 2.16. The summed E-state index contributed by atoms with van der Waals surface area (Å²) < 4.78 is 0. The molecule has 5 nitrogen and oxygen atoms in total. The van der Waals surface area contributed by atoms with E-state index in [1.165, 1.54) is 6.92 Å². The van der Waals surface area contributed by atoms with Crippen LogP contribution in [-0.4, -0.2) is 17.6 Å². The van der Waals surface area contributed by atoms with Crippen LogP contribution in [0.1, 0.15) is 43.6 Å². The second kappa shape index (κ2) is 8.31. The van der Waals surface area contributed by atoms with Crippen LogP contribution < -0.4 is 10.6 Å². The van der Waals surface area contributed by atoms with Gasteiger partial charge in [-0.3, -0.25) is 14.4 Å². The Balaban J connectivity index is 1.73. The van der Waals surface area contributed by atoms with E-state index in [2.05, 4.69) is 10.6 Å². The Morgan fingerprint density at radius 3 is 1.89 bits per heavy atom. The number of benzene rings is 3. The van der Waals surface area contributed by atoms with Gasteiger partial charge in [0.05, 0.1) is 0 Å². The van der Waals surface area contributed by atoms with Gasteiger partial charge in [0.2, 0.25) is 0 Å². The first-order valence-electron chi connectivity index (χ1n) is 8.83. The van der Waals surface area contributed by atoms with Crippen LogP contribution in [0.15, 0.2) is 72.8 Å². The number of hydrogen-bond acceptors (Lipinski definition) is 3. The van der Waals surface area contributed by atoms with Gasteiger partial charge >= 0.3 is 0 Å². The van der Waals surface area contributed by atoms with Gasteiger partial charge in [-0.1, -0.05) is 24.3 Å². The Labute approximate surface area is 163 Å². The number of hydrogen-bond donors (Lipinski definition) is 2. The molecule has 0 saturated carbocycles. The van der Waals surface area contributed by atoms with E-state index in [-0.39, 0.29) is 17.6 Å². The molecule has 3 aromatic carbocycles. The Hall–Kier alpha value is -3.73. The summed E-state index contributed by atoms with van der Waals surface area (Å²) in [5.74, 6) is -0.652. The van der Waals surface area contributed by atoms with E-state index in [1.807, 2.05) is 31.2 Å². The van der Waals surface area contributed by atoms with Gasteiger partial charge in [-0.05, 0) is 67.9 Å². The van der Waals surface area contributed by atoms with Crippen LogP contribution in [0.3, 0.4) is 0 Å². The molecule has 0 heterocycles. The van der Waals surface area contributed by atoms with Gasteiger partial charge in [-0.2, -0.15) is 0 Å². The lowest BCUT2D eigenvalue weighted by molar-refractivity contribution is 0.101. The average molecular weight is 372 g/mol. The molecule has 3 rings (SSSR count). The van der Waals surface area contributed by atoms with E-state index in [1.54, 1.807) is 48.5 Å². The highest BCUT2D eigenvalue weighted by Gasteiger charge is 2.12. The fourth-order valence-corrected chi connectivity index (χ4v) is 2.70. The van der Waals surface area contributed by atoms with Crippen LogP contribution in [-0.2, 0) is 0 Å². The molecule has 0 atom stereocenters. The van der Waals surface area contributed by atoms with E-state index in [0.717, 1.165) is 11.3 Å². The molecular weight excluding hydrogens is 352 g/mol. The minimum absolute atomic E-state index is 0.0368. The second-order valence-electron chi connectivity index (χ2n) is 6.44. The molecule has 3 aromatic rings. The minimum Gasteiger partial charge on any atom is -0.322 e. The second-order valence-corrected chi connectivity index (χ2v) is 6.44. The molecule has 0 radical (unpaired) electrons. The number of carbonyl (C=O) groups is 3. The van der Waals surface area contributed by atoms with E-state index < -0.39 is 0 Å². The zero-order valence-electron chi connectivity index (χ0n) is 15.7. The monoisotopic (exact) mass is 372 g/mol. The molecule has 0 bridgehead atoms. The Morgan fingerprint density at radius 1 is 0.679 bits per heavy atom. The van der Waals surface area contributed by atoms with Crippen LogP contribution in [0.4, 0.5) is 11.4 Å². The van der Waals surface area contributed by atoms with Crippen molar-refractivity contribution in [2.45, 2.75) is 13.8 Å². The van der Waals surface area contributed by atoms with Gasteiger partial charge in [0, 0.05) is 28.1 Å². The predicted molar refractivity (Wildman–Crippen MR) is 110 cm³/mol. The first-order chi connectivity index (χ1) is 13.4. The lowest BCUT2D eigenvalue weighted by Gasteiger charge is -2.10. The van der Waals surface area contributed by atoms with Crippen LogP contribution in [0.25, 0.3) is 0 Å². The highest BCUT2D eigenvalue weighted by molar-refractivity contribution is 6.09. The third kappa shape index (κ3) is 4.51. The number of aryl methyl sites for hydroxylation is 1. The minimum atomic E-state index is -0.332. The SMILES string of the molecule is CC(=O)c1ccc(NC(=O)c2cccc(C(=O)Nc3ccccc3C)c2)cc1. The smallest absolute Gasteiger partial charge is 0.255 e. The molecule has 0 spiro atoms. The zero-order chi connectivity index (χ0) is 20.1. The van der Waals surface area contributed by atoms with Crippen molar-refractivity contribution in [1.29, 1.82) is 0 Å². The van der Waals surface area contributed by atoms with E-state index in [9.17, 15) is 14.4 Å². The average Bonchev–Trinajstić information content (AvgIpc) is 2.70. The van der Waals surface area contributed by atoms with Gasteiger partial charge in [-0.25, -0.2) is 0 Å². The van der Waals surface area contributed by atoms with E-state index in [4.69, 9.17) is 0 Å². The number of anilines is 2. The molecule has 2 N–H and O–H groups in total. The number of Topliss-reactive ketones (excluding diaryl/α,β-unsaturated/α-hetero) is 1. The van der Waals surface area contributed by atoms with Crippen LogP contribution in [0.2, 0.25) is 0 Å². The quantitative estimate of drug-likeness (QED) is 0.637. The maximum absolute atomic E-state index is 12.5. The molecule has 2 amide bonds. The Bertz CT molecular complexity index is 1040. The summed E-state index contributed by atoms with van der Waals surface area (Å²) in [5, 5.41) is 5.62. The summed E-state index contributed by atoms with van der Waals surface area (Å²) in [6, 6.07) is 20.7. The molecule has 0 aliphatic heterocycles. The van der Waals surface area contributed by atoms with E-state index in [0.29, 0.717) is 22.4 Å². The molecule has 0 aliphatic carbocycles. The molecule has 0 saturated heterocycles. The van der Waals surface area contributed by atoms with E-state index >= 15 is 0 Å². The van der Waals surface area contributed by atoms with Crippen molar-refractivity contribution in [2.75, 3.05) is 10.6 Å². The maximum atomic E-state index is 12.5. The summed E-state index contributed by atoms with van der Waals surface area (Å²) in [6.45, 7) is 3.40. The zero-order valence-corrected chi connectivity index (χ0v) is 15.7. The first-order valence-corrected chi connectivity index (χ1v) is 8.83. The Morgan fingerprint density at radius 2 is 1.29 bits per heavy atom. The molecule has 0 aromatic heterocycles. The van der Waals surface area contributed by atoms with Crippen molar-refractivity contribution in [3.8, 4) is 0 Å². The summed E-state index contributed by atoms with van der Waals surface area (Å²) in [6.07, 6.45) is 0. The Kier molecular flexibility index (Phi) is 5.65. The number of nitrogens with one attached hydrogen (secondary N) is 2. The van der Waals surface area contributed by atoms with Gasteiger partial charge < -0.3 is 10.6 Å². The molecular formula is C23H20N2O3. The lowest BCUT2D eigenvalue weighted by Crippen LogP contribution is -2.16. The number of rotatable bonds is 5. The van der Waals surface area contributed by atoms with Gasteiger partial charge in [0.25, 0.3) is 11.8 Å². The summed E-state index contributed by atoms with van der Waals surface area (Å²) >= 11 is 0. The lowest BCUT2D eigenvalue weighted by atomic mass is 10.1. The van der Waals surface area contributed by atoms with Crippen molar-refractivity contribution in [3.63, 3.8) is 0 Å². The molecule has 5 heteroatoms. The predicted octanol–water partition coefficient (Wildman–Crippen LogP) is 4.70. The van der Waals surface area contributed by atoms with Gasteiger partial charge in [0.1, 0.15) is 0 Å². The van der Waals surface area contributed by atoms with Crippen LogP contribution in [0.5, 0.6) is 0 Å². The van der Waals surface area contributed by atoms with Crippen LogP contribution >= 0.6 is 0 Å². The normalized spacial score (nSPS) is 10.2. The van der Waals surface area contributed by atoms with Crippen molar-refractivity contribution in [2.24, 2.45) is 0 Å². The number of ketones is 1. The topological polar surface area (TPSA) is 75.3 Å². The third-order valence-corrected chi connectivity index (χ3v) is 4.33. The van der Waals surface area contributed by atoms with Gasteiger partial charge in [0.15, 0.2) is 5.78 Å². The van der Waals surface area contributed by atoms with Crippen LogP contribution in [0, 0.1) is 6.92 Å². The first kappa shape index (κ1) is 19.0. The molecule has 140 valence electrons. The molecule has 28 heavy (non-hydrogen) atoms. The third-order valence-electron chi connectivity index (χ3n) is 4.33. The maximum Gasteiger partial charge on any atom is 0.255 e. The summed E-state index contributed by atoms with van der Waals surface area (Å²) in [7, 11) is 0. The largest absolute Gasteiger partial charge is 0.322 e. The fourth-order valence-electron chi connectivity index (χ4n) is 2.70. The highest BCUT2D eigenvalue weighted by atomic mass is 16.2. The standard InChI is InChI=1S/C23H20N2O3/c1-15-6-3-4-9-21(15)25-23(28)19-8-5-7-18(14-19)22(27)24-20-12-10-17(11-13-20)16(2)26/h3-14H,1-2H3,(H,24,27)(H,25,28). The number of carbonyl (C=O) groups excluding carboxylic acids is 3. The number of para-hydroxylation sites is 1. The van der Waals surface area contributed by atoms with Crippen molar-refractivity contribution in [1.82, 2.24) is 0 Å².